The van der Waals surface area contributed by atoms with E-state index in [2.05, 4.69) is 325 Å². The fourth-order valence-corrected chi connectivity index (χ4v) is 25.2. The maximum atomic E-state index is 6.15. The van der Waals surface area contributed by atoms with E-state index >= 15 is 0 Å². The van der Waals surface area contributed by atoms with Gasteiger partial charge >= 0.3 is 0 Å². The summed E-state index contributed by atoms with van der Waals surface area (Å²) in [5.41, 5.74) is 31.3. The summed E-state index contributed by atoms with van der Waals surface area (Å²) in [6, 6.07) is 123. The lowest BCUT2D eigenvalue weighted by Gasteiger charge is -2.61. The van der Waals surface area contributed by atoms with Crippen molar-refractivity contribution in [2.24, 2.45) is 47.3 Å². The minimum atomic E-state index is 0.160. The highest BCUT2D eigenvalue weighted by Crippen LogP contribution is 2.72. The van der Waals surface area contributed by atoms with Crippen LogP contribution in [0.5, 0.6) is 0 Å². The number of rotatable bonds is 10. The number of anilines is 6. The van der Waals surface area contributed by atoms with Crippen molar-refractivity contribution in [1.29, 1.82) is 0 Å². The minimum absolute atomic E-state index is 0.160. The maximum Gasteiger partial charge on any atom is 0.135 e. The van der Waals surface area contributed by atoms with Gasteiger partial charge in [0.15, 0.2) is 0 Å². The Morgan fingerprint density at radius 3 is 1.18 bits per heavy atom. The second-order valence-electron chi connectivity index (χ2n) is 33.0. The molecule has 0 aliphatic heterocycles. The molecule has 10 aliphatic rings. The van der Waals surface area contributed by atoms with Gasteiger partial charge in [0.05, 0.1) is 11.4 Å². The lowest BCUT2D eigenvalue weighted by atomic mass is 9.43. The van der Waals surface area contributed by atoms with E-state index in [1.165, 1.54) is 180 Å². The molecule has 0 saturated heterocycles. The zero-order valence-corrected chi connectivity index (χ0v) is 61.4. The number of fused-ring (bicyclic) bond motifs is 12. The average Bonchev–Trinajstić information content (AvgIpc) is 1.54. The molecule has 520 valence electrons. The summed E-state index contributed by atoms with van der Waals surface area (Å²) >= 11 is 1.90. The summed E-state index contributed by atoms with van der Waals surface area (Å²) in [7, 11) is 0. The SMILES string of the molecule is c1ccc(-c2ccccc2N(c2ccc(-c3ccc4oc5ccccc5c4c3)cc2)c2ccc3c(c2)-c2ccccc2C32C3CC4CC(C3)CC2C4)cc1.c1ccc(-c2ccccc2N(c2ccc(-c3cccc4c3sc3ccccc34)cc2)c2ccc3c(c2)-c2ccccc2C32C3CC4CC(C3)CC2C4)cc1. The molecular weight excluding hydrogens is 1330 g/mol. The molecule has 10 aliphatic carbocycles. The lowest BCUT2D eigenvalue weighted by molar-refractivity contribution is -0.0399. The van der Waals surface area contributed by atoms with Gasteiger partial charge in [-0.05, 0) is 274 Å². The van der Waals surface area contributed by atoms with Gasteiger partial charge in [-0.15, -0.1) is 11.3 Å². The van der Waals surface area contributed by atoms with Gasteiger partial charge in [-0.3, -0.25) is 0 Å². The summed E-state index contributed by atoms with van der Waals surface area (Å²) < 4.78 is 8.85. The van der Waals surface area contributed by atoms with Crippen LogP contribution in [0.3, 0.4) is 0 Å². The first kappa shape index (κ1) is 62.9. The third-order valence-electron chi connectivity index (χ3n) is 27.7. The topological polar surface area (TPSA) is 19.6 Å². The molecule has 108 heavy (non-hydrogen) atoms. The van der Waals surface area contributed by atoms with Crippen molar-refractivity contribution in [2.75, 3.05) is 9.80 Å². The Morgan fingerprint density at radius 1 is 0.250 bits per heavy atom. The highest BCUT2D eigenvalue weighted by molar-refractivity contribution is 7.26. The van der Waals surface area contributed by atoms with Gasteiger partial charge in [0.2, 0.25) is 0 Å². The molecule has 0 radical (unpaired) electrons. The summed E-state index contributed by atoms with van der Waals surface area (Å²) in [4.78, 5) is 5.00. The van der Waals surface area contributed by atoms with E-state index in [4.69, 9.17) is 4.42 Å². The molecule has 0 atom stereocenters. The third-order valence-corrected chi connectivity index (χ3v) is 28.9. The van der Waals surface area contributed by atoms with Crippen LogP contribution in [0.25, 0.3) is 109 Å². The molecule has 8 fully saturated rings. The second-order valence-corrected chi connectivity index (χ2v) is 34.1. The molecule has 8 bridgehead atoms. The van der Waals surface area contributed by atoms with Crippen molar-refractivity contribution < 1.29 is 4.42 Å². The van der Waals surface area contributed by atoms with E-state index in [0.29, 0.717) is 0 Å². The quantitative estimate of drug-likeness (QED) is 0.136. The molecule has 16 aromatic rings. The van der Waals surface area contributed by atoms with Gasteiger partial charge < -0.3 is 14.2 Å². The van der Waals surface area contributed by atoms with Crippen molar-refractivity contribution in [1.82, 2.24) is 0 Å². The van der Waals surface area contributed by atoms with E-state index < -0.39 is 0 Å². The molecule has 2 aromatic heterocycles. The van der Waals surface area contributed by atoms with Crippen molar-refractivity contribution in [3.05, 3.63) is 350 Å². The van der Waals surface area contributed by atoms with Gasteiger partial charge in [-0.25, -0.2) is 0 Å². The molecule has 4 heteroatoms. The fraction of sp³-hybridized carbons (Fsp3) is 0.192. The molecule has 0 N–H and O–H groups in total. The Balaban J connectivity index is 0.000000130. The molecule has 0 amide bonds. The summed E-state index contributed by atoms with van der Waals surface area (Å²) in [6.07, 6.45) is 14.2. The predicted octanol–water partition coefficient (Wildman–Crippen LogP) is 28.7. The summed E-state index contributed by atoms with van der Waals surface area (Å²) in [5, 5.41) is 4.99. The van der Waals surface area contributed by atoms with E-state index in [0.717, 1.165) is 75.0 Å². The first-order chi connectivity index (χ1) is 53.5. The molecular formula is C104H82N2OS. The predicted molar refractivity (Wildman–Crippen MR) is 451 cm³/mol. The smallest absolute Gasteiger partial charge is 0.135 e. The highest BCUT2D eigenvalue weighted by Gasteiger charge is 2.63. The van der Waals surface area contributed by atoms with Crippen LogP contribution in [0.4, 0.5) is 34.1 Å². The largest absolute Gasteiger partial charge is 0.456 e. The van der Waals surface area contributed by atoms with Gasteiger partial charge in [-0.2, -0.15) is 0 Å². The van der Waals surface area contributed by atoms with E-state index in [1.807, 2.05) is 23.5 Å². The summed E-state index contributed by atoms with van der Waals surface area (Å²) in [6.45, 7) is 0. The Morgan fingerprint density at radius 2 is 0.639 bits per heavy atom. The van der Waals surface area contributed by atoms with Crippen LogP contribution in [0.15, 0.2) is 332 Å². The average molecular weight is 1410 g/mol. The third kappa shape index (κ3) is 9.51. The van der Waals surface area contributed by atoms with Crippen LogP contribution in [0, 0.1) is 47.3 Å². The van der Waals surface area contributed by atoms with Crippen molar-refractivity contribution >= 4 is 87.6 Å². The molecule has 2 heterocycles. The first-order valence-corrected chi connectivity index (χ1v) is 40.7. The van der Waals surface area contributed by atoms with E-state index in [1.54, 1.807) is 22.3 Å². The van der Waals surface area contributed by atoms with Gasteiger partial charge in [0.1, 0.15) is 11.2 Å². The van der Waals surface area contributed by atoms with Crippen LogP contribution in [-0.2, 0) is 10.8 Å². The van der Waals surface area contributed by atoms with Gasteiger partial charge in [-0.1, -0.05) is 243 Å². The molecule has 14 aromatic carbocycles. The number of benzene rings is 14. The Bertz CT molecular complexity index is 6170. The van der Waals surface area contributed by atoms with Gasteiger partial charge in [0.25, 0.3) is 0 Å². The minimum Gasteiger partial charge on any atom is -0.456 e. The Labute approximate surface area is 636 Å². The van der Waals surface area contributed by atoms with Crippen LogP contribution in [0.2, 0.25) is 0 Å². The standard InChI is InChI=1S/C52H41NO.C52H41NS/c1-2-10-36(11-3-1)42-12-5-8-16-49(42)53(40-21-18-35(19-22-40)37-20-25-51-46(31-37)44-14-6-9-17-50(44)54-51)41-23-24-48-45(32-41)43-13-4-7-15-47(43)52(48)38-27-33-26-34(29-38)30-39(52)28-33;1-2-11-35(12-3-1)41-13-5-8-19-49(41)53(39-23-21-36(22-24-39)42-16-10-17-45-44-15-6-9-20-50(44)54-51(42)45)40-25-26-48-46(32-40)43-14-4-7-18-47(43)52(48)37-28-33-27-34(30-37)31-38(52)29-33/h1-25,31-34,38-39H,26-30H2;1-26,32-34,37-38H,27-31H2. The molecule has 0 unspecified atom stereocenters. The monoisotopic (exact) mass is 1410 g/mol. The van der Waals surface area contributed by atoms with Crippen molar-refractivity contribution in [3.63, 3.8) is 0 Å². The number of hydrogen-bond donors (Lipinski definition) is 0. The zero-order chi connectivity index (χ0) is 70.8. The van der Waals surface area contributed by atoms with Crippen molar-refractivity contribution in [3.8, 4) is 66.8 Å². The molecule has 2 spiro atoms. The van der Waals surface area contributed by atoms with Crippen LogP contribution in [-0.4, -0.2) is 0 Å². The molecule has 3 nitrogen and oxygen atoms in total. The number of furan rings is 1. The van der Waals surface area contributed by atoms with Crippen molar-refractivity contribution in [2.45, 2.75) is 75.0 Å². The van der Waals surface area contributed by atoms with Crippen LogP contribution >= 0.6 is 11.3 Å². The molecule has 26 rings (SSSR count). The zero-order valence-electron chi connectivity index (χ0n) is 60.6. The first-order valence-electron chi connectivity index (χ1n) is 39.9. The van der Waals surface area contributed by atoms with Crippen LogP contribution < -0.4 is 9.80 Å². The maximum absolute atomic E-state index is 6.15. The van der Waals surface area contributed by atoms with E-state index in [9.17, 15) is 0 Å². The van der Waals surface area contributed by atoms with Crippen LogP contribution in [0.1, 0.15) is 86.5 Å². The number of para-hydroxylation sites is 3. The van der Waals surface area contributed by atoms with E-state index in [-0.39, 0.29) is 10.8 Å². The van der Waals surface area contributed by atoms with Gasteiger partial charge in [0, 0.05) is 75.7 Å². The summed E-state index contributed by atoms with van der Waals surface area (Å²) in [5.74, 6) is 6.77. The fourth-order valence-electron chi connectivity index (χ4n) is 24.0. The highest BCUT2D eigenvalue weighted by atomic mass is 32.1. The second kappa shape index (κ2) is 24.6. The Hall–Kier alpha value is -11.3. The Kier molecular flexibility index (Phi) is 14.3. The normalized spacial score (nSPS) is 23.3. The number of nitrogens with zero attached hydrogens (tertiary/aromatic N) is 2. The number of thiophene rings is 1. The molecule has 8 saturated carbocycles. The number of hydrogen-bond acceptors (Lipinski definition) is 4. The lowest BCUT2D eigenvalue weighted by Crippen LogP contribution is -2.55.